The van der Waals surface area contributed by atoms with Gasteiger partial charge in [0.1, 0.15) is 6.04 Å². The highest BCUT2D eigenvalue weighted by molar-refractivity contribution is 5.76. The van der Waals surface area contributed by atoms with Crippen LogP contribution in [0.3, 0.4) is 0 Å². The lowest BCUT2D eigenvalue weighted by Gasteiger charge is -2.33. The summed E-state index contributed by atoms with van der Waals surface area (Å²) in [4.78, 5) is 17.9. The van der Waals surface area contributed by atoms with Crippen LogP contribution in [0.15, 0.2) is 4.52 Å². The van der Waals surface area contributed by atoms with E-state index in [2.05, 4.69) is 10.1 Å². The van der Waals surface area contributed by atoms with Gasteiger partial charge in [0, 0.05) is 13.0 Å². The SMILES string of the molecule is CCC(=O)N1CCCCC1c1nc(C)no1. The molecule has 0 bridgehead atoms. The molecule has 1 aliphatic heterocycles. The molecule has 2 heterocycles. The van der Waals surface area contributed by atoms with E-state index in [1.165, 1.54) is 0 Å². The van der Waals surface area contributed by atoms with Crippen molar-refractivity contribution in [2.45, 2.75) is 45.6 Å². The Morgan fingerprint density at radius 1 is 1.56 bits per heavy atom. The van der Waals surface area contributed by atoms with Crippen LogP contribution in [0, 0.1) is 6.92 Å². The summed E-state index contributed by atoms with van der Waals surface area (Å²) in [5.41, 5.74) is 0. The highest BCUT2D eigenvalue weighted by Crippen LogP contribution is 2.30. The van der Waals surface area contributed by atoms with E-state index in [-0.39, 0.29) is 11.9 Å². The Balaban J connectivity index is 2.19. The van der Waals surface area contributed by atoms with Crippen LogP contribution in [-0.4, -0.2) is 27.5 Å². The summed E-state index contributed by atoms with van der Waals surface area (Å²) in [6.07, 6.45) is 3.63. The van der Waals surface area contributed by atoms with E-state index in [9.17, 15) is 4.79 Å². The molecule has 1 unspecified atom stereocenters. The lowest BCUT2D eigenvalue weighted by Crippen LogP contribution is -2.38. The number of rotatable bonds is 2. The summed E-state index contributed by atoms with van der Waals surface area (Å²) >= 11 is 0. The Morgan fingerprint density at radius 3 is 3.00 bits per heavy atom. The summed E-state index contributed by atoms with van der Waals surface area (Å²) in [6.45, 7) is 4.48. The molecule has 1 aliphatic rings. The Morgan fingerprint density at radius 2 is 2.38 bits per heavy atom. The van der Waals surface area contributed by atoms with Crippen molar-refractivity contribution in [1.82, 2.24) is 15.0 Å². The molecule has 0 spiro atoms. The van der Waals surface area contributed by atoms with Crippen LogP contribution in [-0.2, 0) is 4.79 Å². The minimum absolute atomic E-state index is 0.0117. The molecular weight excluding hydrogens is 206 g/mol. The third-order valence-electron chi connectivity index (χ3n) is 2.95. The van der Waals surface area contributed by atoms with Crippen molar-refractivity contribution < 1.29 is 9.32 Å². The second-order valence-corrected chi connectivity index (χ2v) is 4.13. The topological polar surface area (TPSA) is 59.2 Å². The van der Waals surface area contributed by atoms with Crippen molar-refractivity contribution in [3.8, 4) is 0 Å². The first-order valence-corrected chi connectivity index (χ1v) is 5.82. The third kappa shape index (κ3) is 2.08. The zero-order chi connectivity index (χ0) is 11.5. The molecule has 0 radical (unpaired) electrons. The molecule has 1 aromatic rings. The maximum atomic E-state index is 11.8. The van der Waals surface area contributed by atoms with Crippen LogP contribution in [0.4, 0.5) is 0 Å². The normalized spacial score (nSPS) is 21.1. The number of nitrogens with zero attached hydrogens (tertiary/aromatic N) is 3. The second-order valence-electron chi connectivity index (χ2n) is 4.13. The highest BCUT2D eigenvalue weighted by atomic mass is 16.5. The zero-order valence-electron chi connectivity index (χ0n) is 9.77. The monoisotopic (exact) mass is 223 g/mol. The van der Waals surface area contributed by atoms with Gasteiger partial charge in [-0.1, -0.05) is 12.1 Å². The fraction of sp³-hybridized carbons (Fsp3) is 0.727. The molecule has 88 valence electrons. The average molecular weight is 223 g/mol. The third-order valence-corrected chi connectivity index (χ3v) is 2.95. The molecule has 16 heavy (non-hydrogen) atoms. The van der Waals surface area contributed by atoms with Gasteiger partial charge >= 0.3 is 0 Å². The van der Waals surface area contributed by atoms with Gasteiger partial charge in [0.2, 0.25) is 11.8 Å². The minimum Gasteiger partial charge on any atom is -0.337 e. The molecule has 1 fully saturated rings. The quantitative estimate of drug-likeness (QED) is 0.767. The summed E-state index contributed by atoms with van der Waals surface area (Å²) in [5.74, 6) is 1.38. The van der Waals surface area contributed by atoms with Gasteiger partial charge in [-0.05, 0) is 26.2 Å². The lowest BCUT2D eigenvalue weighted by molar-refractivity contribution is -0.135. The maximum absolute atomic E-state index is 11.8. The van der Waals surface area contributed by atoms with Gasteiger partial charge in [0.25, 0.3) is 0 Å². The minimum atomic E-state index is -0.0117. The second kappa shape index (κ2) is 4.63. The van der Waals surface area contributed by atoms with Gasteiger partial charge in [0.05, 0.1) is 0 Å². The number of carbonyl (C=O) groups excluding carboxylic acids is 1. The first kappa shape index (κ1) is 11.1. The van der Waals surface area contributed by atoms with Gasteiger partial charge in [-0.15, -0.1) is 0 Å². The molecule has 0 aromatic carbocycles. The van der Waals surface area contributed by atoms with Crippen molar-refractivity contribution in [3.05, 3.63) is 11.7 Å². The molecule has 1 amide bonds. The molecule has 1 aromatic heterocycles. The van der Waals surface area contributed by atoms with Gasteiger partial charge in [-0.3, -0.25) is 4.79 Å². The first-order chi connectivity index (χ1) is 7.72. The van der Waals surface area contributed by atoms with Gasteiger partial charge in [-0.2, -0.15) is 4.98 Å². The number of hydrogen-bond acceptors (Lipinski definition) is 4. The van der Waals surface area contributed by atoms with Crippen LogP contribution in [0.2, 0.25) is 0 Å². The van der Waals surface area contributed by atoms with E-state index >= 15 is 0 Å². The fourth-order valence-corrected chi connectivity index (χ4v) is 2.14. The molecule has 5 nitrogen and oxygen atoms in total. The maximum Gasteiger partial charge on any atom is 0.249 e. The summed E-state index contributed by atoms with van der Waals surface area (Å²) in [5, 5.41) is 3.79. The largest absolute Gasteiger partial charge is 0.337 e. The van der Waals surface area contributed by atoms with Crippen molar-refractivity contribution >= 4 is 5.91 Å². The smallest absolute Gasteiger partial charge is 0.249 e. The summed E-state index contributed by atoms with van der Waals surface area (Å²) < 4.78 is 5.17. The van der Waals surface area contributed by atoms with Crippen molar-refractivity contribution in [2.75, 3.05) is 6.54 Å². The Kier molecular flexibility index (Phi) is 3.22. The summed E-state index contributed by atoms with van der Waals surface area (Å²) in [6, 6.07) is -0.0117. The Hall–Kier alpha value is -1.39. The van der Waals surface area contributed by atoms with Gasteiger partial charge in [-0.25, -0.2) is 0 Å². The number of aryl methyl sites for hydroxylation is 1. The molecule has 0 saturated carbocycles. The number of carbonyl (C=O) groups is 1. The predicted octanol–water partition coefficient (Wildman–Crippen LogP) is 1.84. The van der Waals surface area contributed by atoms with E-state index in [0.717, 1.165) is 25.8 Å². The molecule has 0 N–H and O–H groups in total. The van der Waals surface area contributed by atoms with Crippen molar-refractivity contribution in [1.29, 1.82) is 0 Å². The van der Waals surface area contributed by atoms with E-state index in [1.807, 2.05) is 11.8 Å². The van der Waals surface area contributed by atoms with E-state index in [4.69, 9.17) is 4.52 Å². The fourth-order valence-electron chi connectivity index (χ4n) is 2.14. The number of amides is 1. The van der Waals surface area contributed by atoms with E-state index < -0.39 is 0 Å². The number of hydrogen-bond donors (Lipinski definition) is 0. The van der Waals surface area contributed by atoms with Crippen molar-refractivity contribution in [2.24, 2.45) is 0 Å². The summed E-state index contributed by atoms with van der Waals surface area (Å²) in [7, 11) is 0. The Bertz CT molecular complexity index is 375. The molecule has 1 saturated heterocycles. The van der Waals surface area contributed by atoms with Crippen LogP contribution in [0.25, 0.3) is 0 Å². The molecule has 2 rings (SSSR count). The van der Waals surface area contributed by atoms with Crippen LogP contribution >= 0.6 is 0 Å². The predicted molar refractivity (Wildman–Crippen MR) is 57.6 cm³/mol. The van der Waals surface area contributed by atoms with E-state index in [0.29, 0.717) is 18.1 Å². The highest BCUT2D eigenvalue weighted by Gasteiger charge is 2.30. The van der Waals surface area contributed by atoms with Crippen LogP contribution < -0.4 is 0 Å². The van der Waals surface area contributed by atoms with Gasteiger partial charge < -0.3 is 9.42 Å². The molecule has 1 atom stereocenters. The number of likely N-dealkylation sites (tertiary alicyclic amines) is 1. The standard InChI is InChI=1S/C11H17N3O2/c1-3-10(15)14-7-5-4-6-9(14)11-12-8(2)13-16-11/h9H,3-7H2,1-2H3. The molecule has 0 aliphatic carbocycles. The number of aromatic nitrogens is 2. The van der Waals surface area contributed by atoms with Crippen LogP contribution in [0.1, 0.15) is 50.4 Å². The average Bonchev–Trinajstić information content (AvgIpc) is 2.75. The first-order valence-electron chi connectivity index (χ1n) is 5.82. The van der Waals surface area contributed by atoms with Crippen molar-refractivity contribution in [3.63, 3.8) is 0 Å². The zero-order valence-corrected chi connectivity index (χ0v) is 9.77. The number of piperidine rings is 1. The Labute approximate surface area is 94.8 Å². The van der Waals surface area contributed by atoms with E-state index in [1.54, 1.807) is 6.92 Å². The van der Waals surface area contributed by atoms with Gasteiger partial charge in [0.15, 0.2) is 5.82 Å². The van der Waals surface area contributed by atoms with Crippen LogP contribution in [0.5, 0.6) is 0 Å². The lowest BCUT2D eigenvalue weighted by atomic mass is 10.0. The molecular formula is C11H17N3O2. The molecule has 5 heteroatoms.